The van der Waals surface area contributed by atoms with Gasteiger partial charge >= 0.3 is 0 Å². The van der Waals surface area contributed by atoms with E-state index in [1.165, 1.54) is 5.56 Å². The van der Waals surface area contributed by atoms with Gasteiger partial charge in [-0.05, 0) is 18.9 Å². The number of hydrogen-bond donors (Lipinski definition) is 1. The molecule has 0 saturated carbocycles. The summed E-state index contributed by atoms with van der Waals surface area (Å²) in [5, 5.41) is 2.91. The number of anilines is 1. The monoisotopic (exact) mass is 379 g/mol. The van der Waals surface area contributed by atoms with Gasteiger partial charge < -0.3 is 10.2 Å². The quantitative estimate of drug-likeness (QED) is 0.802. The normalized spacial score (nSPS) is 16.3. The van der Waals surface area contributed by atoms with Crippen molar-refractivity contribution in [2.75, 3.05) is 37.6 Å². The molecule has 0 spiro atoms. The van der Waals surface area contributed by atoms with Crippen LogP contribution in [0.5, 0.6) is 0 Å². The van der Waals surface area contributed by atoms with E-state index in [0.29, 0.717) is 5.69 Å². The number of amides is 1. The first-order valence-electron chi connectivity index (χ1n) is 9.97. The number of piperazine rings is 1. The molecule has 6 heteroatoms. The van der Waals surface area contributed by atoms with Crippen LogP contribution >= 0.6 is 0 Å². The molecule has 0 aliphatic carbocycles. The third-order valence-electron chi connectivity index (χ3n) is 5.03. The molecular formula is C22H29N5O. The zero-order chi connectivity index (χ0) is 19.8. The van der Waals surface area contributed by atoms with Gasteiger partial charge in [-0.2, -0.15) is 0 Å². The standard InChI is InChI=1S/C22H29N5O/c1-3-18(2)25-22(28)20-16-24-21(17-23-20)27-14-12-26(13-15-27)11-7-10-19-8-5-4-6-9-19/h4-10,16-18H,3,11-15H2,1-2H3,(H,25,28)/b10-7+. The minimum Gasteiger partial charge on any atom is -0.353 e. The summed E-state index contributed by atoms with van der Waals surface area (Å²) in [6.07, 6.45) is 8.55. The highest BCUT2D eigenvalue weighted by Crippen LogP contribution is 2.13. The smallest absolute Gasteiger partial charge is 0.271 e. The first-order chi connectivity index (χ1) is 13.7. The van der Waals surface area contributed by atoms with Gasteiger partial charge in [0.25, 0.3) is 5.91 Å². The van der Waals surface area contributed by atoms with Crippen LogP contribution in [0.25, 0.3) is 6.08 Å². The van der Waals surface area contributed by atoms with Gasteiger partial charge in [0.15, 0.2) is 0 Å². The van der Waals surface area contributed by atoms with Crippen molar-refractivity contribution < 1.29 is 4.79 Å². The van der Waals surface area contributed by atoms with E-state index in [9.17, 15) is 4.79 Å². The van der Waals surface area contributed by atoms with E-state index in [2.05, 4.69) is 61.5 Å². The minimum atomic E-state index is -0.163. The number of benzene rings is 1. The second kappa shape index (κ2) is 9.99. The molecule has 0 radical (unpaired) electrons. The molecule has 3 rings (SSSR count). The van der Waals surface area contributed by atoms with Crippen LogP contribution in [0, 0.1) is 0 Å². The van der Waals surface area contributed by atoms with E-state index < -0.39 is 0 Å². The summed E-state index contributed by atoms with van der Waals surface area (Å²) in [7, 11) is 0. The van der Waals surface area contributed by atoms with Crippen molar-refractivity contribution in [1.29, 1.82) is 0 Å². The molecule has 1 fully saturated rings. The van der Waals surface area contributed by atoms with E-state index in [-0.39, 0.29) is 11.9 Å². The summed E-state index contributed by atoms with van der Waals surface area (Å²) < 4.78 is 0. The summed E-state index contributed by atoms with van der Waals surface area (Å²) >= 11 is 0. The predicted octanol–water partition coefficient (Wildman–Crippen LogP) is 2.84. The number of nitrogens with one attached hydrogen (secondary N) is 1. The van der Waals surface area contributed by atoms with Crippen LogP contribution in [0.2, 0.25) is 0 Å². The van der Waals surface area contributed by atoms with Crippen molar-refractivity contribution in [2.45, 2.75) is 26.3 Å². The highest BCUT2D eigenvalue weighted by atomic mass is 16.1. The van der Waals surface area contributed by atoms with E-state index in [0.717, 1.165) is 45.0 Å². The first kappa shape index (κ1) is 20.0. The molecule has 1 amide bonds. The Morgan fingerprint density at radius 3 is 2.54 bits per heavy atom. The SMILES string of the molecule is CCC(C)NC(=O)c1cnc(N2CCN(C/C=C/c3ccccc3)CC2)cn1. The van der Waals surface area contributed by atoms with Crippen molar-refractivity contribution in [1.82, 2.24) is 20.2 Å². The number of rotatable bonds is 7. The lowest BCUT2D eigenvalue weighted by Crippen LogP contribution is -2.46. The second-order valence-corrected chi connectivity index (χ2v) is 7.14. The van der Waals surface area contributed by atoms with Crippen LogP contribution in [-0.2, 0) is 0 Å². The Balaban J connectivity index is 1.47. The molecule has 1 N–H and O–H groups in total. The molecule has 1 aliphatic heterocycles. The van der Waals surface area contributed by atoms with Crippen LogP contribution < -0.4 is 10.2 Å². The molecule has 6 nitrogen and oxygen atoms in total. The first-order valence-corrected chi connectivity index (χ1v) is 9.97. The highest BCUT2D eigenvalue weighted by Gasteiger charge is 2.18. The second-order valence-electron chi connectivity index (χ2n) is 7.14. The molecule has 148 valence electrons. The largest absolute Gasteiger partial charge is 0.353 e. The lowest BCUT2D eigenvalue weighted by atomic mass is 10.2. The maximum Gasteiger partial charge on any atom is 0.271 e. The van der Waals surface area contributed by atoms with Crippen LogP contribution in [0.4, 0.5) is 5.82 Å². The predicted molar refractivity (Wildman–Crippen MR) is 113 cm³/mol. The summed E-state index contributed by atoms with van der Waals surface area (Å²) in [6, 6.07) is 10.5. The third-order valence-corrected chi connectivity index (χ3v) is 5.03. The molecule has 1 atom stereocenters. The van der Waals surface area contributed by atoms with Gasteiger partial charge in [-0.3, -0.25) is 9.69 Å². The van der Waals surface area contributed by atoms with Gasteiger partial charge in [-0.15, -0.1) is 0 Å². The number of carbonyl (C=O) groups is 1. The van der Waals surface area contributed by atoms with Gasteiger partial charge in [0.05, 0.1) is 12.4 Å². The van der Waals surface area contributed by atoms with Crippen molar-refractivity contribution in [3.63, 3.8) is 0 Å². The summed E-state index contributed by atoms with van der Waals surface area (Å²) in [4.78, 5) is 25.5. The topological polar surface area (TPSA) is 61.4 Å². The lowest BCUT2D eigenvalue weighted by Gasteiger charge is -2.34. The van der Waals surface area contributed by atoms with Crippen molar-refractivity contribution in [3.8, 4) is 0 Å². The van der Waals surface area contributed by atoms with E-state index >= 15 is 0 Å². The van der Waals surface area contributed by atoms with E-state index in [4.69, 9.17) is 0 Å². The molecule has 1 aromatic carbocycles. The Kier molecular flexibility index (Phi) is 7.14. The van der Waals surface area contributed by atoms with Gasteiger partial charge in [0.2, 0.25) is 0 Å². The third kappa shape index (κ3) is 5.63. The average molecular weight is 380 g/mol. The van der Waals surface area contributed by atoms with Crippen LogP contribution in [0.15, 0.2) is 48.8 Å². The lowest BCUT2D eigenvalue weighted by molar-refractivity contribution is 0.0934. The zero-order valence-electron chi connectivity index (χ0n) is 16.7. The molecular weight excluding hydrogens is 350 g/mol. The number of carbonyl (C=O) groups excluding carboxylic acids is 1. The van der Waals surface area contributed by atoms with Crippen molar-refractivity contribution >= 4 is 17.8 Å². The van der Waals surface area contributed by atoms with Gasteiger partial charge in [0.1, 0.15) is 11.5 Å². The Morgan fingerprint density at radius 2 is 1.89 bits per heavy atom. The fraction of sp³-hybridized carbons (Fsp3) is 0.409. The van der Waals surface area contributed by atoms with Crippen molar-refractivity contribution in [3.05, 3.63) is 60.1 Å². The zero-order valence-corrected chi connectivity index (χ0v) is 16.7. The number of hydrogen-bond acceptors (Lipinski definition) is 5. The maximum absolute atomic E-state index is 12.1. The summed E-state index contributed by atoms with van der Waals surface area (Å²) in [5.74, 6) is 0.669. The average Bonchev–Trinajstić information content (AvgIpc) is 2.75. The summed E-state index contributed by atoms with van der Waals surface area (Å²) in [5.41, 5.74) is 1.60. The Morgan fingerprint density at radius 1 is 1.14 bits per heavy atom. The van der Waals surface area contributed by atoms with Crippen LogP contribution in [0.3, 0.4) is 0 Å². The fourth-order valence-electron chi connectivity index (χ4n) is 3.06. The minimum absolute atomic E-state index is 0.137. The Bertz CT molecular complexity index is 767. The molecule has 1 aromatic heterocycles. The number of aromatic nitrogens is 2. The van der Waals surface area contributed by atoms with Gasteiger partial charge in [-0.1, -0.05) is 49.4 Å². The maximum atomic E-state index is 12.1. The molecule has 1 aliphatic rings. The highest BCUT2D eigenvalue weighted by molar-refractivity contribution is 5.92. The van der Waals surface area contributed by atoms with Gasteiger partial charge in [0, 0.05) is 38.8 Å². The van der Waals surface area contributed by atoms with Gasteiger partial charge in [-0.25, -0.2) is 9.97 Å². The van der Waals surface area contributed by atoms with Crippen molar-refractivity contribution in [2.24, 2.45) is 0 Å². The number of nitrogens with zero attached hydrogens (tertiary/aromatic N) is 4. The molecule has 2 aromatic rings. The molecule has 2 heterocycles. The molecule has 0 bridgehead atoms. The van der Waals surface area contributed by atoms with Crippen LogP contribution in [-0.4, -0.2) is 59.5 Å². The summed E-state index contributed by atoms with van der Waals surface area (Å²) in [6.45, 7) is 8.75. The van der Waals surface area contributed by atoms with E-state index in [1.54, 1.807) is 12.4 Å². The molecule has 28 heavy (non-hydrogen) atoms. The van der Waals surface area contributed by atoms with Crippen LogP contribution in [0.1, 0.15) is 36.3 Å². The van der Waals surface area contributed by atoms with E-state index in [1.807, 2.05) is 19.9 Å². The molecule has 1 unspecified atom stereocenters. The molecule has 1 saturated heterocycles. The Hall–Kier alpha value is -2.73. The Labute approximate surface area is 167 Å². The fourth-order valence-corrected chi connectivity index (χ4v) is 3.06.